The van der Waals surface area contributed by atoms with Crippen molar-refractivity contribution in [3.8, 4) is 0 Å². The summed E-state index contributed by atoms with van der Waals surface area (Å²) in [5, 5.41) is 2.49. The molecule has 30 heavy (non-hydrogen) atoms. The van der Waals surface area contributed by atoms with E-state index >= 15 is 0 Å². The molecule has 4 rings (SSSR count). The molecule has 0 aliphatic rings. The maximum Gasteiger partial charge on any atom is 0.277 e. The highest BCUT2D eigenvalue weighted by Gasteiger charge is 2.23. The lowest BCUT2D eigenvalue weighted by atomic mass is 10.2. The van der Waals surface area contributed by atoms with Crippen molar-refractivity contribution in [1.29, 1.82) is 0 Å². The van der Waals surface area contributed by atoms with Gasteiger partial charge < -0.3 is 0 Å². The van der Waals surface area contributed by atoms with E-state index in [9.17, 15) is 13.2 Å². The normalized spacial score (nSPS) is 11.5. The summed E-state index contributed by atoms with van der Waals surface area (Å²) in [6, 6.07) is 14.4. The van der Waals surface area contributed by atoms with Crippen LogP contribution in [0.4, 0.5) is 5.13 Å². The second-order valence-corrected chi connectivity index (χ2v) is 9.86. The van der Waals surface area contributed by atoms with Crippen molar-refractivity contribution in [2.24, 2.45) is 0 Å². The molecule has 4 aromatic rings. The minimum Gasteiger partial charge on any atom is -0.296 e. The minimum absolute atomic E-state index is 0.0527. The predicted molar refractivity (Wildman–Crippen MR) is 117 cm³/mol. The number of hydrogen-bond donors (Lipinski definition) is 1. The summed E-state index contributed by atoms with van der Waals surface area (Å²) in [5.74, 6) is -0.942. The number of sulfone groups is 1. The van der Waals surface area contributed by atoms with Crippen LogP contribution in [-0.2, 0) is 15.6 Å². The minimum atomic E-state index is -3.86. The lowest BCUT2D eigenvalue weighted by molar-refractivity contribution is 0.102. The number of amides is 1. The number of carbonyl (C=O) groups excluding carboxylic acids is 1. The van der Waals surface area contributed by atoms with Crippen LogP contribution in [0.5, 0.6) is 0 Å². The van der Waals surface area contributed by atoms with E-state index in [0.717, 1.165) is 22.0 Å². The zero-order valence-corrected chi connectivity index (χ0v) is 18.1. The molecular formula is C20H15ClN4O3S2. The summed E-state index contributed by atoms with van der Waals surface area (Å²) in [6.07, 6.45) is 1.11. The summed E-state index contributed by atoms with van der Waals surface area (Å²) in [4.78, 5) is 24.8. The molecule has 2 aromatic carbocycles. The Bertz CT molecular complexity index is 1360. The number of rotatable bonds is 5. The van der Waals surface area contributed by atoms with Crippen LogP contribution in [0.25, 0.3) is 10.2 Å². The van der Waals surface area contributed by atoms with Gasteiger partial charge in [0, 0.05) is 0 Å². The Kier molecular flexibility index (Phi) is 5.50. The fraction of sp³-hybridized carbons (Fsp3) is 0.100. The van der Waals surface area contributed by atoms with E-state index in [0.29, 0.717) is 10.7 Å². The van der Waals surface area contributed by atoms with E-state index in [1.807, 2.05) is 25.1 Å². The summed E-state index contributed by atoms with van der Waals surface area (Å²) >= 11 is 7.37. The van der Waals surface area contributed by atoms with Gasteiger partial charge in [0.15, 0.2) is 10.8 Å². The molecule has 0 fully saturated rings. The molecule has 0 bridgehead atoms. The predicted octanol–water partition coefficient (Wildman–Crippen LogP) is 4.27. The molecule has 0 spiro atoms. The molecule has 152 valence electrons. The maximum atomic E-state index is 12.7. The Morgan fingerprint density at radius 3 is 2.67 bits per heavy atom. The highest BCUT2D eigenvalue weighted by Crippen LogP contribution is 2.27. The Hall–Kier alpha value is -2.88. The molecule has 0 saturated heterocycles. The number of benzene rings is 2. The first-order valence-electron chi connectivity index (χ1n) is 8.79. The van der Waals surface area contributed by atoms with Gasteiger partial charge in [0.2, 0.25) is 15.0 Å². The number of halogens is 1. The highest BCUT2D eigenvalue weighted by molar-refractivity contribution is 7.90. The van der Waals surface area contributed by atoms with E-state index in [1.165, 1.54) is 11.3 Å². The topological polar surface area (TPSA) is 102 Å². The molecule has 7 nitrogen and oxygen atoms in total. The molecule has 0 saturated carbocycles. The summed E-state index contributed by atoms with van der Waals surface area (Å²) < 4.78 is 26.3. The maximum absolute atomic E-state index is 12.7. The SMILES string of the molecule is Cc1ccc2nc(NC(=O)c3nc(S(=O)(=O)Cc4ccccc4)ncc3Cl)sc2c1. The molecule has 10 heteroatoms. The monoisotopic (exact) mass is 458 g/mol. The Morgan fingerprint density at radius 2 is 1.90 bits per heavy atom. The zero-order chi connectivity index (χ0) is 21.3. The smallest absolute Gasteiger partial charge is 0.277 e. The van der Waals surface area contributed by atoms with Crippen molar-refractivity contribution in [2.45, 2.75) is 17.8 Å². The molecule has 0 atom stereocenters. The summed E-state index contributed by atoms with van der Waals surface area (Å²) in [5.41, 5.74) is 2.19. The Morgan fingerprint density at radius 1 is 1.13 bits per heavy atom. The van der Waals surface area contributed by atoms with Crippen LogP contribution in [0.3, 0.4) is 0 Å². The first-order chi connectivity index (χ1) is 14.3. The van der Waals surface area contributed by atoms with E-state index in [-0.39, 0.29) is 16.5 Å². The van der Waals surface area contributed by atoms with Gasteiger partial charge >= 0.3 is 0 Å². The van der Waals surface area contributed by atoms with Crippen LogP contribution < -0.4 is 5.32 Å². The van der Waals surface area contributed by atoms with Gasteiger partial charge in [0.05, 0.1) is 27.2 Å². The van der Waals surface area contributed by atoms with E-state index in [2.05, 4.69) is 20.3 Å². The number of nitrogens with zero attached hydrogens (tertiary/aromatic N) is 3. The molecule has 1 N–H and O–H groups in total. The lowest BCUT2D eigenvalue weighted by Crippen LogP contribution is -2.18. The second kappa shape index (κ2) is 8.10. The van der Waals surface area contributed by atoms with Crippen LogP contribution in [-0.4, -0.2) is 29.3 Å². The number of aryl methyl sites for hydroxylation is 1. The van der Waals surface area contributed by atoms with Gasteiger partial charge in [-0.1, -0.05) is 59.3 Å². The van der Waals surface area contributed by atoms with Crippen LogP contribution in [0.15, 0.2) is 59.9 Å². The van der Waals surface area contributed by atoms with E-state index in [1.54, 1.807) is 30.3 Å². The number of fused-ring (bicyclic) bond motifs is 1. The van der Waals surface area contributed by atoms with Crippen molar-refractivity contribution in [3.63, 3.8) is 0 Å². The number of nitrogens with one attached hydrogen (secondary N) is 1. The quantitative estimate of drug-likeness (QED) is 0.448. The van der Waals surface area contributed by atoms with Crippen LogP contribution in [0.2, 0.25) is 5.02 Å². The lowest BCUT2D eigenvalue weighted by Gasteiger charge is -2.07. The molecule has 2 aromatic heterocycles. The second-order valence-electron chi connectivity index (χ2n) is 6.54. The summed E-state index contributed by atoms with van der Waals surface area (Å²) in [7, 11) is -3.86. The molecular weight excluding hydrogens is 444 g/mol. The average Bonchev–Trinajstić information content (AvgIpc) is 3.09. The number of hydrogen-bond acceptors (Lipinski definition) is 7. The Labute approximate surface area is 181 Å². The van der Waals surface area contributed by atoms with Gasteiger partial charge in [0.25, 0.3) is 5.91 Å². The van der Waals surface area contributed by atoms with Crippen molar-refractivity contribution in [3.05, 3.63) is 76.6 Å². The van der Waals surface area contributed by atoms with Gasteiger partial charge in [0.1, 0.15) is 0 Å². The van der Waals surface area contributed by atoms with Gasteiger partial charge in [-0.2, -0.15) is 0 Å². The third kappa shape index (κ3) is 4.33. The average molecular weight is 459 g/mol. The number of aromatic nitrogens is 3. The van der Waals surface area contributed by atoms with Crippen LogP contribution in [0.1, 0.15) is 21.6 Å². The molecule has 1 amide bonds. The fourth-order valence-corrected chi connectivity index (χ4v) is 5.10. The summed E-state index contributed by atoms with van der Waals surface area (Å²) in [6.45, 7) is 1.97. The molecule has 0 aliphatic carbocycles. The standard InChI is InChI=1S/C20H15ClN4O3S2/c1-12-7-8-15-16(9-12)29-19(23-15)25-18(26)17-14(21)10-22-20(24-17)30(27,28)11-13-5-3-2-4-6-13/h2-10H,11H2,1H3,(H,23,25,26). The van der Waals surface area contributed by atoms with Gasteiger partial charge in [-0.05, 0) is 30.2 Å². The van der Waals surface area contributed by atoms with E-state index < -0.39 is 20.9 Å². The van der Waals surface area contributed by atoms with Crippen molar-refractivity contribution in [1.82, 2.24) is 15.0 Å². The van der Waals surface area contributed by atoms with Crippen molar-refractivity contribution >= 4 is 54.0 Å². The third-order valence-electron chi connectivity index (χ3n) is 4.18. The van der Waals surface area contributed by atoms with Gasteiger partial charge in [-0.25, -0.2) is 23.4 Å². The molecule has 0 unspecified atom stereocenters. The van der Waals surface area contributed by atoms with E-state index in [4.69, 9.17) is 11.6 Å². The third-order valence-corrected chi connectivity index (χ3v) is 6.86. The first kappa shape index (κ1) is 20.4. The Balaban J connectivity index is 1.61. The molecule has 0 aliphatic heterocycles. The molecule has 0 radical (unpaired) electrons. The first-order valence-corrected chi connectivity index (χ1v) is 11.6. The zero-order valence-electron chi connectivity index (χ0n) is 15.7. The molecule has 2 heterocycles. The number of anilines is 1. The van der Waals surface area contributed by atoms with Crippen molar-refractivity contribution in [2.75, 3.05) is 5.32 Å². The van der Waals surface area contributed by atoms with Gasteiger partial charge in [-0.15, -0.1) is 0 Å². The number of carbonyl (C=O) groups is 1. The van der Waals surface area contributed by atoms with Crippen LogP contribution >= 0.6 is 22.9 Å². The van der Waals surface area contributed by atoms with Gasteiger partial charge in [-0.3, -0.25) is 10.1 Å². The number of thiazole rings is 1. The fourth-order valence-electron chi connectivity index (χ4n) is 2.76. The van der Waals surface area contributed by atoms with Crippen molar-refractivity contribution < 1.29 is 13.2 Å². The largest absolute Gasteiger partial charge is 0.296 e. The highest BCUT2D eigenvalue weighted by atomic mass is 35.5. The van der Waals surface area contributed by atoms with Crippen LogP contribution in [0, 0.1) is 6.92 Å².